The maximum absolute atomic E-state index is 13.8. The van der Waals surface area contributed by atoms with Crippen LogP contribution >= 0.6 is 11.6 Å². The van der Waals surface area contributed by atoms with Gasteiger partial charge in [0.25, 0.3) is 0 Å². The SMILES string of the molecule is O=C(O)Cn1cc(C(C(=O)O)N2CCN(CCOc3ccc(Cl)cc3)CC2)c2ccc(F)cc21. The molecule has 2 aromatic carbocycles. The van der Waals surface area contributed by atoms with Crippen molar-refractivity contribution in [2.45, 2.75) is 12.6 Å². The molecule has 0 spiro atoms. The van der Waals surface area contributed by atoms with Gasteiger partial charge in [-0.05, 0) is 42.5 Å². The Morgan fingerprint density at radius 3 is 2.41 bits per heavy atom. The van der Waals surface area contributed by atoms with Gasteiger partial charge in [0.15, 0.2) is 0 Å². The highest BCUT2D eigenvalue weighted by Gasteiger charge is 2.33. The van der Waals surface area contributed by atoms with Gasteiger partial charge >= 0.3 is 11.9 Å². The molecule has 1 aliphatic rings. The number of halogens is 2. The molecule has 2 N–H and O–H groups in total. The van der Waals surface area contributed by atoms with Crippen LogP contribution in [0.25, 0.3) is 10.9 Å². The molecular weight excluding hydrogens is 465 g/mol. The highest BCUT2D eigenvalue weighted by molar-refractivity contribution is 6.30. The molecule has 2 heterocycles. The van der Waals surface area contributed by atoms with Crippen LogP contribution in [0, 0.1) is 5.82 Å². The minimum absolute atomic E-state index is 0.363. The second-order valence-electron chi connectivity index (χ2n) is 8.19. The van der Waals surface area contributed by atoms with Crippen molar-refractivity contribution in [3.8, 4) is 5.75 Å². The first-order valence-corrected chi connectivity index (χ1v) is 11.3. The Kier molecular flexibility index (Phi) is 7.35. The quantitative estimate of drug-likeness (QED) is 0.476. The first-order valence-electron chi connectivity index (χ1n) is 10.9. The van der Waals surface area contributed by atoms with Crippen LogP contribution in [0.15, 0.2) is 48.7 Å². The third kappa shape index (κ3) is 5.49. The Bertz CT molecular complexity index is 1180. The van der Waals surface area contributed by atoms with Gasteiger partial charge in [0, 0.05) is 54.9 Å². The molecule has 34 heavy (non-hydrogen) atoms. The summed E-state index contributed by atoms with van der Waals surface area (Å²) in [5.41, 5.74) is 0.824. The van der Waals surface area contributed by atoms with Crippen molar-refractivity contribution in [3.05, 3.63) is 65.1 Å². The number of ether oxygens (including phenoxy) is 1. The van der Waals surface area contributed by atoms with Crippen molar-refractivity contribution < 1.29 is 28.9 Å². The predicted molar refractivity (Wildman–Crippen MR) is 125 cm³/mol. The molecule has 0 amide bonds. The summed E-state index contributed by atoms with van der Waals surface area (Å²) >= 11 is 5.88. The number of carboxylic acid groups (broad SMARTS) is 2. The number of nitrogens with zero attached hydrogens (tertiary/aromatic N) is 3. The summed E-state index contributed by atoms with van der Waals surface area (Å²) in [6.07, 6.45) is 1.52. The topological polar surface area (TPSA) is 95.2 Å². The molecule has 10 heteroatoms. The summed E-state index contributed by atoms with van der Waals surface area (Å²) in [4.78, 5) is 27.6. The van der Waals surface area contributed by atoms with Crippen molar-refractivity contribution in [3.63, 3.8) is 0 Å². The smallest absolute Gasteiger partial charge is 0.325 e. The van der Waals surface area contributed by atoms with E-state index in [2.05, 4.69) is 4.90 Å². The highest BCUT2D eigenvalue weighted by atomic mass is 35.5. The van der Waals surface area contributed by atoms with Crippen LogP contribution in [-0.4, -0.2) is 75.8 Å². The van der Waals surface area contributed by atoms with Crippen LogP contribution in [0.5, 0.6) is 5.75 Å². The van der Waals surface area contributed by atoms with Crippen LogP contribution in [0.3, 0.4) is 0 Å². The van der Waals surface area contributed by atoms with Crippen LogP contribution in [0.2, 0.25) is 5.02 Å². The molecule has 8 nitrogen and oxygen atoms in total. The minimum atomic E-state index is -1.09. The van der Waals surface area contributed by atoms with Crippen molar-refractivity contribution in [1.29, 1.82) is 0 Å². The average molecular weight is 490 g/mol. The Morgan fingerprint density at radius 1 is 1.06 bits per heavy atom. The molecule has 1 fully saturated rings. The molecule has 1 atom stereocenters. The second-order valence-corrected chi connectivity index (χ2v) is 8.62. The predicted octanol–water partition coefficient (Wildman–Crippen LogP) is 3.34. The number of aromatic nitrogens is 1. The number of hydrogen-bond acceptors (Lipinski definition) is 5. The van der Waals surface area contributed by atoms with Crippen LogP contribution in [-0.2, 0) is 16.1 Å². The standard InChI is InChI=1S/C24H25ClFN3O5/c25-16-1-4-18(5-2-16)34-12-11-27-7-9-28(10-8-27)23(24(32)33)20-14-29(15-22(30)31)21-13-17(26)3-6-19(20)21/h1-6,13-14,23H,7-12,15H2,(H,30,31)(H,32,33). The van der Waals surface area contributed by atoms with Gasteiger partial charge in [-0.25, -0.2) is 4.39 Å². The Morgan fingerprint density at radius 2 is 1.76 bits per heavy atom. The molecular formula is C24H25ClFN3O5. The Hall–Kier alpha value is -3.14. The van der Waals surface area contributed by atoms with E-state index in [0.717, 1.165) is 5.75 Å². The molecule has 3 aromatic rings. The summed E-state index contributed by atoms with van der Waals surface area (Å²) in [6, 6.07) is 10.2. The zero-order valence-corrected chi connectivity index (χ0v) is 19.1. The number of aliphatic carboxylic acids is 2. The Balaban J connectivity index is 1.44. The van der Waals surface area contributed by atoms with Gasteiger partial charge in [0.2, 0.25) is 0 Å². The number of rotatable bonds is 9. The largest absolute Gasteiger partial charge is 0.492 e. The van der Waals surface area contributed by atoms with Crippen molar-refractivity contribution >= 4 is 34.4 Å². The molecule has 0 bridgehead atoms. The fourth-order valence-corrected chi connectivity index (χ4v) is 4.47. The van der Waals surface area contributed by atoms with Crippen LogP contribution in [0.1, 0.15) is 11.6 Å². The average Bonchev–Trinajstić information content (AvgIpc) is 3.12. The number of fused-ring (bicyclic) bond motifs is 1. The number of benzene rings is 2. The van der Waals surface area contributed by atoms with Crippen molar-refractivity contribution in [2.75, 3.05) is 39.3 Å². The van der Waals surface area contributed by atoms with E-state index in [1.165, 1.54) is 29.0 Å². The molecule has 0 radical (unpaired) electrons. The van der Waals surface area contributed by atoms with Crippen molar-refractivity contribution in [1.82, 2.24) is 14.4 Å². The molecule has 180 valence electrons. The second kappa shape index (κ2) is 10.4. The molecule has 1 unspecified atom stereocenters. The normalized spacial score (nSPS) is 15.9. The lowest BCUT2D eigenvalue weighted by molar-refractivity contribution is -0.144. The lowest BCUT2D eigenvalue weighted by Gasteiger charge is -2.37. The molecule has 0 aliphatic carbocycles. The monoisotopic (exact) mass is 489 g/mol. The highest BCUT2D eigenvalue weighted by Crippen LogP contribution is 2.32. The third-order valence-electron chi connectivity index (χ3n) is 5.97. The van der Waals surface area contributed by atoms with Crippen LogP contribution in [0.4, 0.5) is 4.39 Å². The summed E-state index contributed by atoms with van der Waals surface area (Å²) in [5, 5.41) is 20.5. The molecule has 1 saturated heterocycles. The van der Waals surface area contributed by atoms with Gasteiger partial charge < -0.3 is 19.5 Å². The van der Waals surface area contributed by atoms with Gasteiger partial charge in [-0.1, -0.05) is 11.6 Å². The van der Waals surface area contributed by atoms with E-state index in [1.807, 2.05) is 17.0 Å². The van der Waals surface area contributed by atoms with Gasteiger partial charge in [0.05, 0.1) is 5.52 Å². The van der Waals surface area contributed by atoms with Crippen molar-refractivity contribution in [2.24, 2.45) is 0 Å². The number of piperazine rings is 1. The first-order chi connectivity index (χ1) is 16.3. The fraction of sp³-hybridized carbons (Fsp3) is 0.333. The summed E-state index contributed by atoms with van der Waals surface area (Å²) in [6.45, 7) is 3.18. The Labute approximate surface area is 200 Å². The van der Waals surface area contributed by atoms with Gasteiger partial charge in [-0.3, -0.25) is 19.4 Å². The molecule has 1 aliphatic heterocycles. The molecule has 4 rings (SSSR count). The molecule has 0 saturated carbocycles. The summed E-state index contributed by atoms with van der Waals surface area (Å²) in [7, 11) is 0. The number of carboxylic acids is 2. The zero-order chi connectivity index (χ0) is 24.2. The van der Waals surface area contributed by atoms with E-state index in [0.29, 0.717) is 60.8 Å². The lowest BCUT2D eigenvalue weighted by Crippen LogP contribution is -2.50. The lowest BCUT2D eigenvalue weighted by atomic mass is 10.0. The molecule has 1 aromatic heterocycles. The van der Waals surface area contributed by atoms with Gasteiger partial charge in [0.1, 0.15) is 30.8 Å². The maximum atomic E-state index is 13.8. The van der Waals surface area contributed by atoms with Crippen LogP contribution < -0.4 is 4.74 Å². The number of carbonyl (C=O) groups is 2. The fourth-order valence-electron chi connectivity index (χ4n) is 4.34. The van der Waals surface area contributed by atoms with Gasteiger partial charge in [-0.15, -0.1) is 0 Å². The maximum Gasteiger partial charge on any atom is 0.325 e. The van der Waals surface area contributed by atoms with E-state index < -0.39 is 23.8 Å². The summed E-state index contributed by atoms with van der Waals surface area (Å²) in [5.74, 6) is -1.89. The van der Waals surface area contributed by atoms with E-state index in [-0.39, 0.29) is 6.54 Å². The minimum Gasteiger partial charge on any atom is -0.492 e. The van der Waals surface area contributed by atoms with E-state index in [1.54, 1.807) is 12.1 Å². The number of hydrogen-bond donors (Lipinski definition) is 2. The third-order valence-corrected chi connectivity index (χ3v) is 6.22. The van der Waals surface area contributed by atoms with E-state index in [4.69, 9.17) is 16.3 Å². The summed E-state index contributed by atoms with van der Waals surface area (Å²) < 4.78 is 21.0. The first kappa shape index (κ1) is 24.0. The van der Waals surface area contributed by atoms with Gasteiger partial charge in [-0.2, -0.15) is 0 Å². The zero-order valence-electron chi connectivity index (χ0n) is 18.4. The van der Waals surface area contributed by atoms with E-state index >= 15 is 0 Å². The van der Waals surface area contributed by atoms with E-state index in [9.17, 15) is 24.2 Å².